The molecule has 0 radical (unpaired) electrons. The average Bonchev–Trinajstić information content (AvgIpc) is 2.95. The number of carbonyl (C=O) groups is 2. The van der Waals surface area contributed by atoms with Gasteiger partial charge in [-0.15, -0.1) is 0 Å². The lowest BCUT2D eigenvalue weighted by atomic mass is 10.00. The normalized spacial score (nSPS) is 12.7. The first-order chi connectivity index (χ1) is 20.5. The number of nitrogens with one attached hydrogen (secondary N) is 1. The van der Waals surface area contributed by atoms with E-state index in [2.05, 4.69) is 31.3 Å². The molecule has 3 aromatic carbocycles. The van der Waals surface area contributed by atoms with E-state index in [9.17, 15) is 18.4 Å². The number of rotatable bonds is 15. The zero-order chi connectivity index (χ0) is 31.5. The van der Waals surface area contributed by atoms with Crippen molar-refractivity contribution in [2.45, 2.75) is 78.5 Å². The molecule has 0 heterocycles. The van der Waals surface area contributed by atoms with Crippen molar-refractivity contribution < 1.29 is 23.1 Å². The molecule has 43 heavy (non-hydrogen) atoms. The number of carbonyl (C=O) groups excluding carboxylic acids is 2. The van der Waals surface area contributed by atoms with E-state index in [1.165, 1.54) is 17.7 Å². The summed E-state index contributed by atoms with van der Waals surface area (Å²) >= 11 is 0. The molecule has 232 valence electrons. The van der Waals surface area contributed by atoms with Crippen molar-refractivity contribution >= 4 is 11.9 Å². The van der Waals surface area contributed by atoms with Crippen LogP contribution in [0.5, 0.6) is 0 Å². The third-order valence-corrected chi connectivity index (χ3v) is 7.26. The smallest absolute Gasteiger partial charge is 0.338 e. The van der Waals surface area contributed by atoms with Crippen LogP contribution in [-0.4, -0.2) is 48.6 Å². The van der Waals surface area contributed by atoms with Crippen LogP contribution in [0.1, 0.15) is 89.4 Å². The minimum atomic E-state index is -0.816. The van der Waals surface area contributed by atoms with Gasteiger partial charge in [0.05, 0.1) is 5.56 Å². The van der Waals surface area contributed by atoms with Crippen molar-refractivity contribution in [3.63, 3.8) is 0 Å². The summed E-state index contributed by atoms with van der Waals surface area (Å²) in [6.07, 6.45) is 0.937. The zero-order valence-corrected chi connectivity index (χ0v) is 26.0. The molecule has 0 fully saturated rings. The van der Waals surface area contributed by atoms with Crippen LogP contribution in [-0.2, 0) is 17.7 Å². The van der Waals surface area contributed by atoms with E-state index in [-0.39, 0.29) is 24.4 Å². The highest BCUT2D eigenvalue weighted by Gasteiger charge is 2.25. The standard InChI is InChI=1S/C35H45F2N3O3/c1-6-11-40(12-7-2)34(41)28-13-24(5)14-29(19-28)35(42)43-33(32(38)18-26-16-30(36)20-31(37)17-26)22-39-21-25-9-8-10-27(15-25)23(3)4/h8-10,13-17,19-20,23,32-33,39H,6-7,11-12,18,21-22,38H2,1-5H3/t32-,33+/m0/s1. The molecule has 0 saturated heterocycles. The number of ether oxygens (including phenoxy) is 1. The van der Waals surface area contributed by atoms with Crippen molar-refractivity contribution in [1.82, 2.24) is 10.2 Å². The molecule has 2 atom stereocenters. The molecular formula is C35H45F2N3O3. The topological polar surface area (TPSA) is 84.7 Å². The minimum Gasteiger partial charge on any atom is -0.456 e. The molecule has 0 aliphatic carbocycles. The number of halogens is 2. The predicted octanol–water partition coefficient (Wildman–Crippen LogP) is 6.54. The van der Waals surface area contributed by atoms with E-state index in [1.54, 1.807) is 23.1 Å². The summed E-state index contributed by atoms with van der Waals surface area (Å²) in [5.74, 6) is -1.76. The van der Waals surface area contributed by atoms with Gasteiger partial charge < -0.3 is 20.7 Å². The van der Waals surface area contributed by atoms with E-state index in [0.717, 1.165) is 30.0 Å². The second kappa shape index (κ2) is 16.3. The molecule has 3 rings (SSSR count). The quantitative estimate of drug-likeness (QED) is 0.196. The highest BCUT2D eigenvalue weighted by atomic mass is 19.1. The largest absolute Gasteiger partial charge is 0.456 e. The lowest BCUT2D eigenvalue weighted by Crippen LogP contribution is -2.46. The maximum absolute atomic E-state index is 13.9. The summed E-state index contributed by atoms with van der Waals surface area (Å²) in [5, 5.41) is 3.33. The van der Waals surface area contributed by atoms with Gasteiger partial charge in [-0.3, -0.25) is 4.79 Å². The zero-order valence-electron chi connectivity index (χ0n) is 26.0. The summed E-state index contributed by atoms with van der Waals surface area (Å²) < 4.78 is 33.7. The second-order valence-electron chi connectivity index (χ2n) is 11.5. The summed E-state index contributed by atoms with van der Waals surface area (Å²) in [4.78, 5) is 28.5. The van der Waals surface area contributed by atoms with Gasteiger partial charge in [-0.2, -0.15) is 0 Å². The number of amides is 1. The molecule has 0 unspecified atom stereocenters. The van der Waals surface area contributed by atoms with Crippen molar-refractivity contribution in [1.29, 1.82) is 0 Å². The van der Waals surface area contributed by atoms with Crippen LogP contribution in [0.15, 0.2) is 60.7 Å². The first-order valence-electron chi connectivity index (χ1n) is 15.1. The van der Waals surface area contributed by atoms with Gasteiger partial charge in [-0.05, 0) is 84.7 Å². The number of hydrogen-bond acceptors (Lipinski definition) is 5. The highest BCUT2D eigenvalue weighted by molar-refractivity contribution is 5.98. The number of esters is 1. The lowest BCUT2D eigenvalue weighted by molar-refractivity contribution is 0.0238. The minimum absolute atomic E-state index is 0.0949. The Labute approximate surface area is 254 Å². The number of nitrogens with zero attached hydrogens (tertiary/aromatic N) is 1. The predicted molar refractivity (Wildman–Crippen MR) is 167 cm³/mol. The molecule has 6 nitrogen and oxygen atoms in total. The Hall–Kier alpha value is -3.62. The molecule has 3 aromatic rings. The summed E-state index contributed by atoms with van der Waals surface area (Å²) in [6.45, 7) is 12.1. The van der Waals surface area contributed by atoms with Crippen LogP contribution in [0.2, 0.25) is 0 Å². The molecule has 1 amide bonds. The SMILES string of the molecule is CCCN(CCC)C(=O)c1cc(C)cc(C(=O)O[C@H](CNCc2cccc(C(C)C)c2)[C@@H](N)Cc2cc(F)cc(F)c2)c1. The number of nitrogens with two attached hydrogens (primary N) is 1. The second-order valence-corrected chi connectivity index (χ2v) is 11.5. The van der Waals surface area contributed by atoms with Gasteiger partial charge in [-0.1, -0.05) is 52.0 Å². The molecule has 0 aliphatic rings. The van der Waals surface area contributed by atoms with Gasteiger partial charge in [0, 0.05) is 43.9 Å². The van der Waals surface area contributed by atoms with E-state index in [0.29, 0.717) is 36.7 Å². The van der Waals surface area contributed by atoms with Crippen LogP contribution >= 0.6 is 0 Å². The van der Waals surface area contributed by atoms with Crippen LogP contribution in [0.25, 0.3) is 0 Å². The summed E-state index contributed by atoms with van der Waals surface area (Å²) in [5.41, 5.74) is 10.6. The maximum Gasteiger partial charge on any atom is 0.338 e. The Kier molecular flexibility index (Phi) is 12.8. The molecule has 0 saturated carbocycles. The van der Waals surface area contributed by atoms with Crippen LogP contribution < -0.4 is 11.1 Å². The van der Waals surface area contributed by atoms with E-state index in [1.807, 2.05) is 32.9 Å². The summed E-state index contributed by atoms with van der Waals surface area (Å²) in [6, 6.07) is 15.7. The number of aryl methyl sites for hydroxylation is 1. The van der Waals surface area contributed by atoms with Crippen molar-refractivity contribution in [3.05, 3.63) is 106 Å². The fraction of sp³-hybridized carbons (Fsp3) is 0.429. The van der Waals surface area contributed by atoms with Crippen molar-refractivity contribution in [3.8, 4) is 0 Å². The Balaban J connectivity index is 1.82. The Morgan fingerprint density at radius 1 is 0.907 bits per heavy atom. The van der Waals surface area contributed by atoms with Crippen LogP contribution in [0.3, 0.4) is 0 Å². The Morgan fingerprint density at radius 2 is 1.56 bits per heavy atom. The van der Waals surface area contributed by atoms with Gasteiger partial charge >= 0.3 is 5.97 Å². The fourth-order valence-corrected chi connectivity index (χ4v) is 5.10. The van der Waals surface area contributed by atoms with Gasteiger partial charge in [0.1, 0.15) is 17.7 Å². The van der Waals surface area contributed by atoms with E-state index >= 15 is 0 Å². The molecular weight excluding hydrogens is 548 g/mol. The molecule has 0 bridgehead atoms. The van der Waals surface area contributed by atoms with Crippen LogP contribution in [0.4, 0.5) is 8.78 Å². The summed E-state index contributed by atoms with van der Waals surface area (Å²) in [7, 11) is 0. The van der Waals surface area contributed by atoms with Crippen LogP contribution in [0, 0.1) is 18.6 Å². The number of hydrogen-bond donors (Lipinski definition) is 2. The third-order valence-electron chi connectivity index (χ3n) is 7.26. The Morgan fingerprint density at radius 3 is 2.19 bits per heavy atom. The van der Waals surface area contributed by atoms with Crippen molar-refractivity contribution in [2.24, 2.45) is 5.73 Å². The third kappa shape index (κ3) is 10.3. The monoisotopic (exact) mass is 593 g/mol. The highest BCUT2D eigenvalue weighted by Crippen LogP contribution is 2.18. The van der Waals surface area contributed by atoms with Crippen molar-refractivity contribution in [2.75, 3.05) is 19.6 Å². The van der Waals surface area contributed by atoms with Gasteiger partial charge in [0.25, 0.3) is 5.91 Å². The molecule has 0 aliphatic heterocycles. The molecule has 8 heteroatoms. The van der Waals surface area contributed by atoms with E-state index in [4.69, 9.17) is 10.5 Å². The average molecular weight is 594 g/mol. The first kappa shape index (κ1) is 33.9. The molecule has 0 spiro atoms. The first-order valence-corrected chi connectivity index (χ1v) is 15.1. The maximum atomic E-state index is 13.9. The molecule has 0 aromatic heterocycles. The Bertz CT molecular complexity index is 1350. The number of benzene rings is 3. The lowest BCUT2D eigenvalue weighted by Gasteiger charge is -2.25. The molecule has 3 N–H and O–H groups in total. The van der Waals surface area contributed by atoms with Gasteiger partial charge in [-0.25, -0.2) is 13.6 Å². The van der Waals surface area contributed by atoms with Gasteiger partial charge in [0.2, 0.25) is 0 Å². The van der Waals surface area contributed by atoms with Gasteiger partial charge in [0.15, 0.2) is 0 Å². The fourth-order valence-electron chi connectivity index (χ4n) is 5.10. The van der Waals surface area contributed by atoms with E-state index < -0.39 is 29.7 Å².